The molecule has 1 aromatic heterocycles. The molecular formula is C16H17N3O2. The number of pyridine rings is 1. The summed E-state index contributed by atoms with van der Waals surface area (Å²) in [7, 11) is 0. The number of nitrogens with one attached hydrogen (secondary N) is 1. The summed E-state index contributed by atoms with van der Waals surface area (Å²) in [6.45, 7) is 0. The predicted molar refractivity (Wildman–Crippen MR) is 81.4 cm³/mol. The third kappa shape index (κ3) is 2.67. The van der Waals surface area contributed by atoms with E-state index >= 15 is 0 Å². The summed E-state index contributed by atoms with van der Waals surface area (Å²) in [6, 6.07) is 9.95. The zero-order valence-electron chi connectivity index (χ0n) is 11.5. The summed E-state index contributed by atoms with van der Waals surface area (Å²) in [5.74, 6) is -0.481. The first-order chi connectivity index (χ1) is 10.1. The van der Waals surface area contributed by atoms with Gasteiger partial charge in [-0.05, 0) is 36.5 Å². The Labute approximate surface area is 122 Å². The molecule has 108 valence electrons. The molecule has 0 bridgehead atoms. The second kappa shape index (κ2) is 5.44. The number of rotatable bonds is 3. The van der Waals surface area contributed by atoms with Gasteiger partial charge in [-0.15, -0.1) is 0 Å². The Bertz CT molecular complexity index is 685. The van der Waals surface area contributed by atoms with Gasteiger partial charge in [-0.25, -0.2) is 9.78 Å². The predicted octanol–water partition coefficient (Wildman–Crippen LogP) is 2.85. The summed E-state index contributed by atoms with van der Waals surface area (Å²) < 4.78 is 0. The highest BCUT2D eigenvalue weighted by Gasteiger charge is 2.20. The molecule has 1 aromatic carbocycles. The Kier molecular flexibility index (Phi) is 3.48. The number of aromatic carboxylic acids is 1. The van der Waals surface area contributed by atoms with Gasteiger partial charge in [0, 0.05) is 6.20 Å². The SMILES string of the molecule is Nc1cc(C(=O)O)cnc1NC1CCCc2ccccc21. The first-order valence-electron chi connectivity index (χ1n) is 6.98. The molecular weight excluding hydrogens is 266 g/mol. The van der Waals surface area contributed by atoms with Crippen LogP contribution in [-0.2, 0) is 6.42 Å². The maximum atomic E-state index is 10.9. The van der Waals surface area contributed by atoms with Crippen LogP contribution in [0.1, 0.15) is 40.4 Å². The Morgan fingerprint density at radius 3 is 2.95 bits per heavy atom. The van der Waals surface area contributed by atoms with Gasteiger partial charge < -0.3 is 16.2 Å². The van der Waals surface area contributed by atoms with Crippen LogP contribution in [0.2, 0.25) is 0 Å². The molecule has 1 atom stereocenters. The standard InChI is InChI=1S/C16H17N3O2/c17-13-8-11(16(20)21)9-18-15(13)19-14-7-3-5-10-4-1-2-6-12(10)14/h1-2,4,6,8-9,14H,3,5,7,17H2,(H,18,19)(H,20,21). The van der Waals surface area contributed by atoms with E-state index in [1.807, 2.05) is 6.07 Å². The molecule has 0 saturated carbocycles. The van der Waals surface area contributed by atoms with Crippen molar-refractivity contribution in [2.45, 2.75) is 25.3 Å². The van der Waals surface area contributed by atoms with E-state index in [1.165, 1.54) is 23.4 Å². The van der Waals surface area contributed by atoms with Crippen molar-refractivity contribution in [1.82, 2.24) is 4.98 Å². The van der Waals surface area contributed by atoms with E-state index in [1.54, 1.807) is 0 Å². The summed E-state index contributed by atoms with van der Waals surface area (Å²) in [4.78, 5) is 15.1. The maximum Gasteiger partial charge on any atom is 0.337 e. The molecule has 0 fully saturated rings. The normalized spacial score (nSPS) is 17.0. The minimum Gasteiger partial charge on any atom is -0.478 e. The second-order valence-corrected chi connectivity index (χ2v) is 5.25. The molecule has 0 aliphatic heterocycles. The Morgan fingerprint density at radius 1 is 1.38 bits per heavy atom. The van der Waals surface area contributed by atoms with E-state index in [4.69, 9.17) is 10.8 Å². The van der Waals surface area contributed by atoms with Crippen LogP contribution in [0, 0.1) is 0 Å². The van der Waals surface area contributed by atoms with Gasteiger partial charge in [0.05, 0.1) is 17.3 Å². The smallest absolute Gasteiger partial charge is 0.337 e. The molecule has 0 spiro atoms. The fourth-order valence-corrected chi connectivity index (χ4v) is 2.79. The molecule has 21 heavy (non-hydrogen) atoms. The van der Waals surface area contributed by atoms with Crippen LogP contribution >= 0.6 is 0 Å². The largest absolute Gasteiger partial charge is 0.478 e. The number of nitrogens with two attached hydrogens (primary N) is 1. The van der Waals surface area contributed by atoms with E-state index in [0.29, 0.717) is 11.5 Å². The van der Waals surface area contributed by atoms with E-state index in [9.17, 15) is 4.79 Å². The molecule has 5 nitrogen and oxygen atoms in total. The van der Waals surface area contributed by atoms with Crippen LogP contribution in [0.3, 0.4) is 0 Å². The van der Waals surface area contributed by atoms with Crippen molar-refractivity contribution < 1.29 is 9.90 Å². The van der Waals surface area contributed by atoms with Crippen LogP contribution in [0.5, 0.6) is 0 Å². The molecule has 2 aromatic rings. The van der Waals surface area contributed by atoms with Gasteiger partial charge in [0.2, 0.25) is 0 Å². The lowest BCUT2D eigenvalue weighted by molar-refractivity contribution is 0.0696. The summed E-state index contributed by atoms with van der Waals surface area (Å²) >= 11 is 0. The summed E-state index contributed by atoms with van der Waals surface area (Å²) in [5.41, 5.74) is 8.99. The number of nitrogens with zero attached hydrogens (tertiary/aromatic N) is 1. The van der Waals surface area contributed by atoms with Gasteiger partial charge in [-0.1, -0.05) is 24.3 Å². The minimum atomic E-state index is -1.02. The third-order valence-electron chi connectivity index (χ3n) is 3.84. The van der Waals surface area contributed by atoms with Crippen LogP contribution < -0.4 is 11.1 Å². The number of hydrogen-bond acceptors (Lipinski definition) is 4. The zero-order valence-corrected chi connectivity index (χ0v) is 11.5. The fraction of sp³-hybridized carbons (Fsp3) is 0.250. The van der Waals surface area contributed by atoms with Crippen molar-refractivity contribution >= 4 is 17.5 Å². The highest BCUT2D eigenvalue weighted by atomic mass is 16.4. The van der Waals surface area contributed by atoms with Crippen molar-refractivity contribution in [3.63, 3.8) is 0 Å². The average Bonchev–Trinajstić information content (AvgIpc) is 2.49. The van der Waals surface area contributed by atoms with Gasteiger partial charge in [-0.3, -0.25) is 0 Å². The molecule has 1 unspecified atom stereocenters. The molecule has 5 heteroatoms. The van der Waals surface area contributed by atoms with E-state index in [0.717, 1.165) is 19.3 Å². The molecule has 3 rings (SSSR count). The number of aromatic nitrogens is 1. The van der Waals surface area contributed by atoms with Crippen LogP contribution in [0.25, 0.3) is 0 Å². The fourth-order valence-electron chi connectivity index (χ4n) is 2.79. The zero-order chi connectivity index (χ0) is 14.8. The number of carboxylic acids is 1. The lowest BCUT2D eigenvalue weighted by atomic mass is 9.88. The first kappa shape index (κ1) is 13.4. The molecule has 0 amide bonds. The number of nitrogen functional groups attached to an aromatic ring is 1. The van der Waals surface area contributed by atoms with Crippen molar-refractivity contribution in [2.24, 2.45) is 0 Å². The number of benzene rings is 1. The first-order valence-corrected chi connectivity index (χ1v) is 6.98. The Morgan fingerprint density at radius 2 is 2.19 bits per heavy atom. The molecule has 0 saturated heterocycles. The molecule has 1 aliphatic rings. The molecule has 0 radical (unpaired) electrons. The van der Waals surface area contributed by atoms with Crippen molar-refractivity contribution in [1.29, 1.82) is 0 Å². The van der Waals surface area contributed by atoms with Crippen LogP contribution in [0.15, 0.2) is 36.5 Å². The lowest BCUT2D eigenvalue weighted by Gasteiger charge is -2.27. The Hall–Kier alpha value is -2.56. The van der Waals surface area contributed by atoms with Crippen LogP contribution in [0.4, 0.5) is 11.5 Å². The molecule has 1 aliphatic carbocycles. The highest BCUT2D eigenvalue weighted by molar-refractivity contribution is 5.89. The van der Waals surface area contributed by atoms with Crippen molar-refractivity contribution in [2.75, 3.05) is 11.1 Å². The monoisotopic (exact) mass is 283 g/mol. The Balaban J connectivity index is 1.86. The number of fused-ring (bicyclic) bond motifs is 1. The number of carbonyl (C=O) groups is 1. The highest BCUT2D eigenvalue weighted by Crippen LogP contribution is 2.33. The van der Waals surface area contributed by atoms with E-state index in [-0.39, 0.29) is 11.6 Å². The quantitative estimate of drug-likeness (QED) is 0.806. The van der Waals surface area contributed by atoms with E-state index < -0.39 is 5.97 Å². The van der Waals surface area contributed by atoms with E-state index in [2.05, 4.69) is 28.5 Å². The summed E-state index contributed by atoms with van der Waals surface area (Å²) in [5, 5.41) is 12.3. The summed E-state index contributed by atoms with van der Waals surface area (Å²) in [6.07, 6.45) is 4.55. The van der Waals surface area contributed by atoms with Gasteiger partial charge in [0.15, 0.2) is 0 Å². The van der Waals surface area contributed by atoms with Crippen LogP contribution in [-0.4, -0.2) is 16.1 Å². The second-order valence-electron chi connectivity index (χ2n) is 5.25. The number of carboxylic acid groups (broad SMARTS) is 1. The molecule has 4 N–H and O–H groups in total. The van der Waals surface area contributed by atoms with Crippen molar-refractivity contribution in [3.05, 3.63) is 53.2 Å². The average molecular weight is 283 g/mol. The van der Waals surface area contributed by atoms with Gasteiger partial charge in [0.1, 0.15) is 5.82 Å². The third-order valence-corrected chi connectivity index (χ3v) is 3.84. The maximum absolute atomic E-state index is 10.9. The number of aryl methyl sites for hydroxylation is 1. The lowest BCUT2D eigenvalue weighted by Crippen LogP contribution is -2.18. The number of hydrogen-bond donors (Lipinski definition) is 3. The topological polar surface area (TPSA) is 88.2 Å². The van der Waals surface area contributed by atoms with Gasteiger partial charge >= 0.3 is 5.97 Å². The minimum absolute atomic E-state index is 0.0992. The van der Waals surface area contributed by atoms with Gasteiger partial charge in [0.25, 0.3) is 0 Å². The van der Waals surface area contributed by atoms with Gasteiger partial charge in [-0.2, -0.15) is 0 Å². The number of anilines is 2. The molecule has 1 heterocycles. The van der Waals surface area contributed by atoms with Crippen molar-refractivity contribution in [3.8, 4) is 0 Å².